The van der Waals surface area contributed by atoms with Crippen LogP contribution < -0.4 is 4.90 Å². The minimum absolute atomic E-state index is 0.0377. The number of carbonyl (C=O) groups excluding carboxylic acids is 2. The molecule has 1 saturated heterocycles. The number of amides is 2. The van der Waals surface area contributed by atoms with Crippen LogP contribution in [-0.4, -0.2) is 11.8 Å². The molecule has 6 rings (SSSR count). The van der Waals surface area contributed by atoms with E-state index in [9.17, 15) is 9.59 Å². The number of rotatable bonds is 3. The molecular formula is C27H21NO2. The Morgan fingerprint density at radius 3 is 1.40 bits per heavy atom. The third-order valence-electron chi connectivity index (χ3n) is 6.99. The molecule has 146 valence electrons. The summed E-state index contributed by atoms with van der Waals surface area (Å²) in [6.07, 6.45) is 0.879. The summed E-state index contributed by atoms with van der Waals surface area (Å²) in [6.45, 7) is 0. The van der Waals surface area contributed by atoms with Crippen LogP contribution in [0.5, 0.6) is 0 Å². The quantitative estimate of drug-likeness (QED) is 0.586. The van der Waals surface area contributed by atoms with Crippen molar-refractivity contribution in [3.05, 3.63) is 102 Å². The van der Waals surface area contributed by atoms with Gasteiger partial charge in [0.2, 0.25) is 11.8 Å². The Kier molecular flexibility index (Phi) is 3.79. The van der Waals surface area contributed by atoms with Crippen LogP contribution in [0.2, 0.25) is 0 Å². The number of benzene rings is 3. The monoisotopic (exact) mass is 391 g/mol. The Labute approximate surface area is 175 Å². The fourth-order valence-electron chi connectivity index (χ4n) is 5.93. The second-order valence-electron chi connectivity index (χ2n) is 8.41. The summed E-state index contributed by atoms with van der Waals surface area (Å²) in [5.74, 6) is -0.422. The molecule has 4 atom stereocenters. The predicted molar refractivity (Wildman–Crippen MR) is 117 cm³/mol. The molecule has 1 aliphatic heterocycles. The number of para-hydroxylation sites is 1. The van der Waals surface area contributed by atoms with Gasteiger partial charge in [0.05, 0.1) is 17.5 Å². The standard InChI is InChI=1S/C27H21NO2/c29-26-24-20-16-21(25(24)27(30)28(26)19-14-8-3-9-15-19)23(18-12-6-2-7-13-18)22(20)17-10-4-1-5-11-17/h1-15,20-21,24-25H,16H2. The van der Waals surface area contributed by atoms with Crippen molar-refractivity contribution < 1.29 is 9.59 Å². The van der Waals surface area contributed by atoms with Crippen LogP contribution in [-0.2, 0) is 9.59 Å². The lowest BCUT2D eigenvalue weighted by molar-refractivity contribution is -0.123. The lowest BCUT2D eigenvalue weighted by atomic mass is 9.73. The number of nitrogens with zero attached hydrogens (tertiary/aromatic N) is 1. The van der Waals surface area contributed by atoms with Crippen LogP contribution in [0.4, 0.5) is 5.69 Å². The van der Waals surface area contributed by atoms with Gasteiger partial charge in [-0.15, -0.1) is 0 Å². The molecule has 3 heteroatoms. The SMILES string of the molecule is O=C1C2C3CC(C(c4ccccc4)=C3c3ccccc3)C2C(=O)N1c1ccccc1. The Morgan fingerprint density at radius 2 is 0.967 bits per heavy atom. The Morgan fingerprint density at radius 1 is 0.567 bits per heavy atom. The number of imide groups is 1. The van der Waals surface area contributed by atoms with Crippen LogP contribution in [0.25, 0.3) is 11.1 Å². The maximum absolute atomic E-state index is 13.5. The van der Waals surface area contributed by atoms with E-state index in [0.29, 0.717) is 5.69 Å². The smallest absolute Gasteiger partial charge is 0.238 e. The molecule has 3 aromatic rings. The van der Waals surface area contributed by atoms with E-state index in [1.54, 1.807) is 0 Å². The molecule has 4 unspecified atom stereocenters. The zero-order chi connectivity index (χ0) is 20.2. The van der Waals surface area contributed by atoms with Crippen LogP contribution in [0.1, 0.15) is 17.5 Å². The molecule has 2 bridgehead atoms. The molecule has 0 radical (unpaired) electrons. The molecule has 1 saturated carbocycles. The van der Waals surface area contributed by atoms with Gasteiger partial charge < -0.3 is 0 Å². The van der Waals surface area contributed by atoms with Gasteiger partial charge in [0, 0.05) is 0 Å². The van der Waals surface area contributed by atoms with E-state index in [2.05, 4.69) is 24.3 Å². The average Bonchev–Trinajstić information content (AvgIpc) is 3.45. The minimum Gasteiger partial charge on any atom is -0.274 e. The molecule has 3 aliphatic rings. The molecule has 2 amide bonds. The normalized spacial score (nSPS) is 27.1. The molecule has 3 nitrogen and oxygen atoms in total. The highest BCUT2D eigenvalue weighted by Crippen LogP contribution is 2.63. The highest BCUT2D eigenvalue weighted by molar-refractivity contribution is 6.24. The summed E-state index contributed by atoms with van der Waals surface area (Å²) in [6, 6.07) is 30.1. The first kappa shape index (κ1) is 17.4. The van der Waals surface area contributed by atoms with Crippen molar-refractivity contribution >= 4 is 28.6 Å². The van der Waals surface area contributed by atoms with Gasteiger partial charge in [-0.2, -0.15) is 0 Å². The molecule has 2 fully saturated rings. The maximum atomic E-state index is 13.5. The Hall–Kier alpha value is -3.46. The van der Waals surface area contributed by atoms with Crippen molar-refractivity contribution in [2.75, 3.05) is 4.90 Å². The lowest BCUT2D eigenvalue weighted by Gasteiger charge is -2.27. The number of fused-ring (bicyclic) bond motifs is 5. The number of anilines is 1. The molecule has 0 spiro atoms. The van der Waals surface area contributed by atoms with Gasteiger partial charge in [-0.1, -0.05) is 78.9 Å². The van der Waals surface area contributed by atoms with Gasteiger partial charge in [-0.25, -0.2) is 0 Å². The van der Waals surface area contributed by atoms with E-state index < -0.39 is 0 Å². The molecule has 30 heavy (non-hydrogen) atoms. The zero-order valence-electron chi connectivity index (χ0n) is 16.4. The largest absolute Gasteiger partial charge is 0.274 e. The summed E-state index contributed by atoms with van der Waals surface area (Å²) >= 11 is 0. The second-order valence-corrected chi connectivity index (χ2v) is 8.41. The fourth-order valence-corrected chi connectivity index (χ4v) is 5.93. The molecule has 0 N–H and O–H groups in total. The summed E-state index contributed by atoms with van der Waals surface area (Å²) in [5.41, 5.74) is 5.53. The molecular weight excluding hydrogens is 370 g/mol. The number of carbonyl (C=O) groups is 2. The van der Waals surface area contributed by atoms with Gasteiger partial charge in [0.15, 0.2) is 0 Å². The van der Waals surface area contributed by atoms with Gasteiger partial charge in [0.1, 0.15) is 0 Å². The van der Waals surface area contributed by atoms with E-state index in [4.69, 9.17) is 0 Å². The summed E-state index contributed by atoms with van der Waals surface area (Å²) in [7, 11) is 0. The van der Waals surface area contributed by atoms with Crippen LogP contribution >= 0.6 is 0 Å². The van der Waals surface area contributed by atoms with Crippen LogP contribution in [0, 0.1) is 23.7 Å². The Bertz CT molecular complexity index is 1090. The summed E-state index contributed by atoms with van der Waals surface area (Å²) in [5, 5.41) is 0. The predicted octanol–water partition coefficient (Wildman–Crippen LogP) is 5.05. The van der Waals surface area contributed by atoms with Crippen LogP contribution in [0.3, 0.4) is 0 Å². The van der Waals surface area contributed by atoms with E-state index in [1.807, 2.05) is 66.7 Å². The number of hydrogen-bond donors (Lipinski definition) is 0. The van der Waals surface area contributed by atoms with Crippen molar-refractivity contribution in [3.8, 4) is 0 Å². The second kappa shape index (κ2) is 6.53. The third kappa shape index (κ3) is 2.32. The van der Waals surface area contributed by atoms with Gasteiger partial charge >= 0.3 is 0 Å². The highest BCUT2D eigenvalue weighted by Gasteiger charge is 2.64. The number of allylic oxidation sites excluding steroid dienone is 2. The van der Waals surface area contributed by atoms with Crippen molar-refractivity contribution in [2.24, 2.45) is 23.7 Å². The van der Waals surface area contributed by atoms with Crippen molar-refractivity contribution in [1.29, 1.82) is 0 Å². The summed E-state index contributed by atoms with van der Waals surface area (Å²) in [4.78, 5) is 28.4. The molecule has 1 heterocycles. The van der Waals surface area contributed by atoms with Crippen molar-refractivity contribution in [1.82, 2.24) is 0 Å². The molecule has 3 aromatic carbocycles. The van der Waals surface area contributed by atoms with Crippen LogP contribution in [0.15, 0.2) is 91.0 Å². The molecule has 2 aliphatic carbocycles. The Balaban J connectivity index is 1.51. The number of hydrogen-bond acceptors (Lipinski definition) is 2. The highest BCUT2D eigenvalue weighted by atomic mass is 16.2. The zero-order valence-corrected chi connectivity index (χ0v) is 16.4. The van der Waals surface area contributed by atoms with Crippen molar-refractivity contribution in [3.63, 3.8) is 0 Å². The van der Waals surface area contributed by atoms with E-state index in [1.165, 1.54) is 27.2 Å². The topological polar surface area (TPSA) is 37.4 Å². The fraction of sp³-hybridized carbons (Fsp3) is 0.185. The van der Waals surface area contributed by atoms with Gasteiger partial charge in [-0.05, 0) is 52.7 Å². The van der Waals surface area contributed by atoms with Gasteiger partial charge in [-0.3, -0.25) is 14.5 Å². The van der Waals surface area contributed by atoms with E-state index in [0.717, 1.165) is 6.42 Å². The first-order valence-electron chi connectivity index (χ1n) is 10.5. The van der Waals surface area contributed by atoms with Crippen molar-refractivity contribution in [2.45, 2.75) is 6.42 Å². The van der Waals surface area contributed by atoms with Gasteiger partial charge in [0.25, 0.3) is 0 Å². The lowest BCUT2D eigenvalue weighted by Crippen LogP contribution is -2.32. The first-order valence-corrected chi connectivity index (χ1v) is 10.5. The molecule has 0 aromatic heterocycles. The average molecular weight is 391 g/mol. The first-order chi connectivity index (χ1) is 14.8. The van der Waals surface area contributed by atoms with E-state index in [-0.39, 0.29) is 35.5 Å². The minimum atomic E-state index is -0.259. The summed E-state index contributed by atoms with van der Waals surface area (Å²) < 4.78 is 0. The maximum Gasteiger partial charge on any atom is 0.238 e. The third-order valence-corrected chi connectivity index (χ3v) is 6.99. The van der Waals surface area contributed by atoms with E-state index >= 15 is 0 Å².